The summed E-state index contributed by atoms with van der Waals surface area (Å²) in [6.45, 7) is -1.35. The fraction of sp³-hybridized carbons (Fsp3) is 0.438. The molecule has 1 aliphatic rings. The van der Waals surface area contributed by atoms with Crippen LogP contribution in [0.15, 0.2) is 24.3 Å². The summed E-state index contributed by atoms with van der Waals surface area (Å²) in [6.07, 6.45) is -3.93. The predicted molar refractivity (Wildman–Crippen MR) is 80.9 cm³/mol. The third kappa shape index (κ3) is 5.47. The summed E-state index contributed by atoms with van der Waals surface area (Å²) in [7, 11) is 0. The second kappa shape index (κ2) is 7.54. The molecule has 0 radical (unpaired) electrons. The number of likely N-dealkylation sites (tertiary alicyclic amines) is 1. The van der Waals surface area contributed by atoms with E-state index in [1.807, 2.05) is 0 Å². The summed E-state index contributed by atoms with van der Waals surface area (Å²) in [5.74, 6) is -2.21. The maximum atomic E-state index is 12.3. The van der Waals surface area contributed by atoms with Gasteiger partial charge in [-0.05, 0) is 30.5 Å². The average Bonchev–Trinajstić information content (AvgIpc) is 2.85. The third-order valence-electron chi connectivity index (χ3n) is 3.84. The Morgan fingerprint density at radius 1 is 1.24 bits per heavy atom. The number of aryl methyl sites for hydroxylation is 1. The first kappa shape index (κ1) is 18.8. The molecular weight excluding hydrogens is 341 g/mol. The molecule has 1 saturated heterocycles. The fourth-order valence-corrected chi connectivity index (χ4v) is 2.58. The second-order valence-corrected chi connectivity index (χ2v) is 5.79. The van der Waals surface area contributed by atoms with Crippen LogP contribution in [-0.4, -0.2) is 53.1 Å². The lowest BCUT2D eigenvalue weighted by Gasteiger charge is -2.18. The van der Waals surface area contributed by atoms with Crippen LogP contribution in [0.3, 0.4) is 0 Å². The highest BCUT2D eigenvalue weighted by atomic mass is 19.4. The second-order valence-electron chi connectivity index (χ2n) is 5.79. The van der Waals surface area contributed by atoms with Crippen molar-refractivity contribution >= 4 is 17.8 Å². The first-order chi connectivity index (χ1) is 11.7. The van der Waals surface area contributed by atoms with E-state index < -0.39 is 36.5 Å². The molecule has 6 nitrogen and oxygen atoms in total. The number of rotatable bonds is 6. The number of amides is 2. The molecule has 9 heteroatoms. The van der Waals surface area contributed by atoms with Gasteiger partial charge in [0.05, 0.1) is 5.56 Å². The summed E-state index contributed by atoms with van der Waals surface area (Å²) >= 11 is 0. The van der Waals surface area contributed by atoms with Gasteiger partial charge in [-0.3, -0.25) is 9.59 Å². The van der Waals surface area contributed by atoms with Crippen LogP contribution in [0.5, 0.6) is 0 Å². The quantitative estimate of drug-likeness (QED) is 0.809. The van der Waals surface area contributed by atoms with E-state index in [1.54, 1.807) is 12.1 Å². The van der Waals surface area contributed by atoms with Crippen molar-refractivity contribution in [1.29, 1.82) is 0 Å². The van der Waals surface area contributed by atoms with E-state index >= 15 is 0 Å². The lowest BCUT2D eigenvalue weighted by atomic mass is 10.1. The monoisotopic (exact) mass is 358 g/mol. The Hall–Kier alpha value is -2.58. The Kier molecular flexibility index (Phi) is 5.66. The molecule has 0 spiro atoms. The molecule has 25 heavy (non-hydrogen) atoms. The van der Waals surface area contributed by atoms with Crippen LogP contribution in [0.25, 0.3) is 0 Å². The maximum absolute atomic E-state index is 12.3. The van der Waals surface area contributed by atoms with E-state index in [2.05, 4.69) is 5.32 Å². The van der Waals surface area contributed by atoms with Gasteiger partial charge in [-0.1, -0.05) is 12.1 Å². The molecule has 0 saturated carbocycles. The number of carboxylic acids is 1. The molecule has 2 amide bonds. The standard InChI is InChI=1S/C16H17F3N2O4/c17-16(18,19)9-21-8-7-12(14(21)23)20-13(22)6-3-10-1-4-11(5-2-10)15(24)25/h1-2,4-5,12H,3,6-9H2,(H,20,22)(H,24,25)/t12-/m1/s1. The topological polar surface area (TPSA) is 86.7 Å². The van der Waals surface area contributed by atoms with Crippen molar-refractivity contribution in [2.45, 2.75) is 31.5 Å². The lowest BCUT2D eigenvalue weighted by molar-refractivity contribution is -0.158. The number of carbonyl (C=O) groups excluding carboxylic acids is 2. The van der Waals surface area contributed by atoms with Crippen LogP contribution >= 0.6 is 0 Å². The van der Waals surface area contributed by atoms with E-state index in [1.165, 1.54) is 12.1 Å². The SMILES string of the molecule is O=C(CCc1ccc(C(=O)O)cc1)N[C@@H]1CCN(CC(F)(F)F)C1=O. The number of aromatic carboxylic acids is 1. The summed E-state index contributed by atoms with van der Waals surface area (Å²) in [5, 5.41) is 11.3. The zero-order chi connectivity index (χ0) is 18.6. The summed E-state index contributed by atoms with van der Waals surface area (Å²) in [6, 6.07) is 5.09. The van der Waals surface area contributed by atoms with E-state index in [9.17, 15) is 27.6 Å². The molecule has 1 aliphatic heterocycles. The minimum absolute atomic E-state index is 0.0417. The number of halogens is 3. The van der Waals surface area contributed by atoms with Crippen molar-refractivity contribution in [3.8, 4) is 0 Å². The van der Waals surface area contributed by atoms with Crippen molar-refractivity contribution < 1.29 is 32.7 Å². The predicted octanol–water partition coefficient (Wildman–Crippen LogP) is 1.60. The normalized spacial score (nSPS) is 17.6. The summed E-state index contributed by atoms with van der Waals surface area (Å²) < 4.78 is 37.0. The first-order valence-corrected chi connectivity index (χ1v) is 7.63. The molecular formula is C16H17F3N2O4. The highest BCUT2D eigenvalue weighted by Crippen LogP contribution is 2.21. The Labute approximate surface area is 141 Å². The van der Waals surface area contributed by atoms with Crippen LogP contribution in [0.4, 0.5) is 13.2 Å². The van der Waals surface area contributed by atoms with Crippen molar-refractivity contribution in [2.24, 2.45) is 0 Å². The van der Waals surface area contributed by atoms with Gasteiger partial charge >= 0.3 is 12.1 Å². The number of carboxylic acid groups (broad SMARTS) is 1. The number of alkyl halides is 3. The number of hydrogen-bond acceptors (Lipinski definition) is 3. The number of hydrogen-bond donors (Lipinski definition) is 2. The number of benzene rings is 1. The van der Waals surface area contributed by atoms with Gasteiger partial charge in [-0.2, -0.15) is 13.2 Å². The molecule has 2 rings (SSSR count). The average molecular weight is 358 g/mol. The van der Waals surface area contributed by atoms with Gasteiger partial charge in [0.2, 0.25) is 11.8 Å². The van der Waals surface area contributed by atoms with E-state index in [0.29, 0.717) is 11.3 Å². The molecule has 1 aromatic carbocycles. The molecule has 2 N–H and O–H groups in total. The van der Waals surface area contributed by atoms with Gasteiger partial charge < -0.3 is 15.3 Å². The smallest absolute Gasteiger partial charge is 0.406 e. The van der Waals surface area contributed by atoms with Crippen molar-refractivity contribution in [1.82, 2.24) is 10.2 Å². The molecule has 1 aromatic rings. The Morgan fingerprint density at radius 2 is 1.88 bits per heavy atom. The maximum Gasteiger partial charge on any atom is 0.406 e. The molecule has 0 aliphatic carbocycles. The van der Waals surface area contributed by atoms with Crippen LogP contribution < -0.4 is 5.32 Å². The van der Waals surface area contributed by atoms with Crippen LogP contribution in [-0.2, 0) is 16.0 Å². The van der Waals surface area contributed by atoms with E-state index in [-0.39, 0.29) is 24.9 Å². The first-order valence-electron chi connectivity index (χ1n) is 7.63. The molecule has 136 valence electrons. The van der Waals surface area contributed by atoms with Crippen LogP contribution in [0, 0.1) is 0 Å². The zero-order valence-corrected chi connectivity index (χ0v) is 13.2. The number of nitrogens with zero attached hydrogens (tertiary/aromatic N) is 1. The summed E-state index contributed by atoms with van der Waals surface area (Å²) in [5.41, 5.74) is 0.881. The third-order valence-corrected chi connectivity index (χ3v) is 3.84. The highest BCUT2D eigenvalue weighted by Gasteiger charge is 2.39. The molecule has 0 bridgehead atoms. The van der Waals surface area contributed by atoms with Crippen LogP contribution in [0.1, 0.15) is 28.8 Å². The van der Waals surface area contributed by atoms with Gasteiger partial charge in [-0.15, -0.1) is 0 Å². The fourth-order valence-electron chi connectivity index (χ4n) is 2.58. The van der Waals surface area contributed by atoms with Gasteiger partial charge in [-0.25, -0.2) is 4.79 Å². The van der Waals surface area contributed by atoms with Crippen LogP contribution in [0.2, 0.25) is 0 Å². The molecule has 1 heterocycles. The molecule has 0 unspecified atom stereocenters. The molecule has 1 atom stereocenters. The van der Waals surface area contributed by atoms with E-state index in [4.69, 9.17) is 5.11 Å². The van der Waals surface area contributed by atoms with Gasteiger partial charge in [0.25, 0.3) is 0 Å². The highest BCUT2D eigenvalue weighted by molar-refractivity contribution is 5.89. The Morgan fingerprint density at radius 3 is 2.44 bits per heavy atom. The van der Waals surface area contributed by atoms with Crippen molar-refractivity contribution in [3.05, 3.63) is 35.4 Å². The van der Waals surface area contributed by atoms with Crippen molar-refractivity contribution in [2.75, 3.05) is 13.1 Å². The zero-order valence-electron chi connectivity index (χ0n) is 13.2. The number of nitrogens with one attached hydrogen (secondary N) is 1. The lowest BCUT2D eigenvalue weighted by Crippen LogP contribution is -2.43. The van der Waals surface area contributed by atoms with E-state index in [0.717, 1.165) is 5.56 Å². The largest absolute Gasteiger partial charge is 0.478 e. The minimum Gasteiger partial charge on any atom is -0.478 e. The van der Waals surface area contributed by atoms with Crippen molar-refractivity contribution in [3.63, 3.8) is 0 Å². The summed E-state index contributed by atoms with van der Waals surface area (Å²) in [4.78, 5) is 35.2. The number of carbonyl (C=O) groups is 3. The molecule has 1 fully saturated rings. The molecule has 0 aromatic heterocycles. The Balaban J connectivity index is 1.80. The minimum atomic E-state index is -4.46. The Bertz CT molecular complexity index is 658. The van der Waals surface area contributed by atoms with Gasteiger partial charge in [0.1, 0.15) is 12.6 Å². The van der Waals surface area contributed by atoms with Gasteiger partial charge in [0, 0.05) is 13.0 Å². The van der Waals surface area contributed by atoms with Gasteiger partial charge in [0.15, 0.2) is 0 Å².